The Morgan fingerprint density at radius 3 is 1.82 bits per heavy atom. The van der Waals surface area contributed by atoms with Crippen LogP contribution in [0.5, 0.6) is 5.75 Å². The van der Waals surface area contributed by atoms with Crippen LogP contribution >= 0.6 is 0 Å². The number of para-hydroxylation sites is 2. The van der Waals surface area contributed by atoms with Crippen LogP contribution in [-0.4, -0.2) is 10.7 Å². The molecule has 0 bridgehead atoms. The van der Waals surface area contributed by atoms with E-state index in [-0.39, 0.29) is 12.0 Å². The molecule has 0 spiro atoms. The highest BCUT2D eigenvalue weighted by molar-refractivity contribution is 6.10. The minimum atomic E-state index is 0.0812. The lowest BCUT2D eigenvalue weighted by Gasteiger charge is -2.26. The molecule has 9 aromatic rings. The van der Waals surface area contributed by atoms with Crippen LogP contribution in [0, 0.1) is 0 Å². The first-order chi connectivity index (χ1) is 27.3. The van der Waals surface area contributed by atoms with Gasteiger partial charge in [0.1, 0.15) is 11.9 Å². The molecule has 2 atom stereocenters. The zero-order valence-electron chi connectivity index (χ0n) is 30.1. The van der Waals surface area contributed by atoms with Gasteiger partial charge in [-0.25, -0.2) is 0 Å². The van der Waals surface area contributed by atoms with E-state index in [1.54, 1.807) is 0 Å². The van der Waals surface area contributed by atoms with Crippen LogP contribution in [0.4, 0.5) is 17.1 Å². The predicted molar refractivity (Wildman–Crippen MR) is 229 cm³/mol. The van der Waals surface area contributed by atoms with Crippen LogP contribution in [0.15, 0.2) is 206 Å². The van der Waals surface area contributed by atoms with Gasteiger partial charge >= 0.3 is 0 Å². The van der Waals surface area contributed by atoms with Gasteiger partial charge in [-0.2, -0.15) is 0 Å². The van der Waals surface area contributed by atoms with E-state index in [4.69, 9.17) is 4.74 Å². The lowest BCUT2D eigenvalue weighted by atomic mass is 9.88. The number of anilines is 3. The number of ether oxygens (including phenoxy) is 1. The average molecular weight is 705 g/mol. The maximum absolute atomic E-state index is 6.30. The number of allylic oxidation sites excluding steroid dienone is 2. The van der Waals surface area contributed by atoms with Gasteiger partial charge in [0.2, 0.25) is 0 Å². The highest BCUT2D eigenvalue weighted by Gasteiger charge is 2.33. The maximum atomic E-state index is 6.30. The van der Waals surface area contributed by atoms with Crippen LogP contribution in [0.25, 0.3) is 60.5 Å². The third-order valence-electron chi connectivity index (χ3n) is 11.3. The van der Waals surface area contributed by atoms with E-state index in [0.29, 0.717) is 0 Å². The van der Waals surface area contributed by atoms with E-state index in [2.05, 4.69) is 216 Å². The molecule has 1 aliphatic carbocycles. The molecule has 0 fully saturated rings. The molecule has 55 heavy (non-hydrogen) atoms. The molecular formula is C52H36N2O. The van der Waals surface area contributed by atoms with Crippen LogP contribution in [-0.2, 0) is 0 Å². The molecule has 2 unspecified atom stereocenters. The Hall–Kier alpha value is -7.10. The standard InChI is InChI=1S/C52H36N2O/c1-3-11-35(12-4-1)36-19-25-41(26-20-36)53(43-29-31-46-45-15-7-9-17-48(45)54(49(46)34-43)40-13-5-2-6-14-40)42-27-21-37(22-28-42)38-23-30-44-39(33-38)24-32-51-52(44)47-16-8-10-18-50(47)55-51/h1-34,47,50H. The number of fused-ring (bicyclic) bond motifs is 8. The van der Waals surface area contributed by atoms with Crippen molar-refractivity contribution in [1.29, 1.82) is 0 Å². The fraction of sp³-hybridized carbons (Fsp3) is 0.0385. The minimum absolute atomic E-state index is 0.0812. The van der Waals surface area contributed by atoms with Crippen molar-refractivity contribution in [1.82, 2.24) is 4.57 Å². The van der Waals surface area contributed by atoms with Crippen molar-refractivity contribution in [3.8, 4) is 33.7 Å². The minimum Gasteiger partial charge on any atom is -0.485 e. The Bertz CT molecular complexity index is 2940. The van der Waals surface area contributed by atoms with Crippen molar-refractivity contribution in [3.05, 3.63) is 212 Å². The Morgan fingerprint density at radius 1 is 0.436 bits per heavy atom. The highest BCUT2D eigenvalue weighted by atomic mass is 16.5. The molecule has 1 aromatic heterocycles. The summed E-state index contributed by atoms with van der Waals surface area (Å²) in [5.74, 6) is 1.25. The molecule has 2 aliphatic rings. The van der Waals surface area contributed by atoms with Gasteiger partial charge in [0.15, 0.2) is 0 Å². The van der Waals surface area contributed by atoms with Gasteiger partial charge in [-0.05, 0) is 106 Å². The number of aromatic nitrogens is 1. The molecule has 0 radical (unpaired) electrons. The zero-order chi connectivity index (χ0) is 36.3. The Morgan fingerprint density at radius 2 is 1.04 bits per heavy atom. The quantitative estimate of drug-likeness (QED) is 0.171. The first kappa shape index (κ1) is 31.4. The van der Waals surface area contributed by atoms with Crippen molar-refractivity contribution >= 4 is 49.6 Å². The Balaban J connectivity index is 1.02. The van der Waals surface area contributed by atoms with E-state index in [0.717, 1.165) is 28.5 Å². The van der Waals surface area contributed by atoms with Gasteiger partial charge in [-0.15, -0.1) is 0 Å². The first-order valence-corrected chi connectivity index (χ1v) is 19.0. The van der Waals surface area contributed by atoms with Crippen LogP contribution < -0.4 is 9.64 Å². The lowest BCUT2D eigenvalue weighted by molar-refractivity contribution is 0.269. The van der Waals surface area contributed by atoms with Crippen LogP contribution in [0.1, 0.15) is 11.5 Å². The number of rotatable bonds is 6. The Labute approximate surface area is 320 Å². The molecule has 3 nitrogen and oxygen atoms in total. The summed E-state index contributed by atoms with van der Waals surface area (Å²) in [6.07, 6.45) is 8.73. The fourth-order valence-electron chi connectivity index (χ4n) is 8.70. The largest absolute Gasteiger partial charge is 0.485 e. The number of hydrogen-bond donors (Lipinski definition) is 0. The maximum Gasteiger partial charge on any atom is 0.128 e. The molecule has 8 aromatic carbocycles. The normalized spacial score (nSPS) is 15.6. The highest BCUT2D eigenvalue weighted by Crippen LogP contribution is 2.46. The molecule has 0 amide bonds. The zero-order valence-corrected chi connectivity index (χ0v) is 30.1. The van der Waals surface area contributed by atoms with Gasteiger partial charge in [0, 0.05) is 45.0 Å². The molecule has 0 saturated heterocycles. The van der Waals surface area contributed by atoms with Crippen molar-refractivity contribution in [2.75, 3.05) is 4.90 Å². The van der Waals surface area contributed by atoms with Crippen molar-refractivity contribution in [3.63, 3.8) is 0 Å². The van der Waals surface area contributed by atoms with Crippen molar-refractivity contribution in [2.45, 2.75) is 12.0 Å². The van der Waals surface area contributed by atoms with E-state index < -0.39 is 0 Å². The number of hydrogen-bond acceptors (Lipinski definition) is 2. The molecule has 0 saturated carbocycles. The van der Waals surface area contributed by atoms with E-state index >= 15 is 0 Å². The molecule has 2 heterocycles. The predicted octanol–water partition coefficient (Wildman–Crippen LogP) is 13.7. The summed E-state index contributed by atoms with van der Waals surface area (Å²) in [6, 6.07) is 65.9. The third kappa shape index (κ3) is 5.27. The molecule has 1 aliphatic heterocycles. The van der Waals surface area contributed by atoms with Crippen molar-refractivity contribution < 1.29 is 4.74 Å². The average Bonchev–Trinajstić information content (AvgIpc) is 3.81. The lowest BCUT2D eigenvalue weighted by Crippen LogP contribution is -2.15. The summed E-state index contributed by atoms with van der Waals surface area (Å²) in [6.45, 7) is 0. The first-order valence-electron chi connectivity index (χ1n) is 19.0. The molecular weight excluding hydrogens is 669 g/mol. The Kier molecular flexibility index (Phi) is 7.31. The fourth-order valence-corrected chi connectivity index (χ4v) is 8.70. The van der Waals surface area contributed by atoms with E-state index in [1.807, 2.05) is 0 Å². The second kappa shape index (κ2) is 12.8. The van der Waals surface area contributed by atoms with E-state index in [1.165, 1.54) is 60.4 Å². The molecule has 0 N–H and O–H groups in total. The van der Waals surface area contributed by atoms with Crippen LogP contribution in [0.2, 0.25) is 0 Å². The summed E-state index contributed by atoms with van der Waals surface area (Å²) in [5, 5.41) is 4.97. The van der Waals surface area contributed by atoms with Gasteiger partial charge in [-0.3, -0.25) is 0 Å². The second-order valence-electron chi connectivity index (χ2n) is 14.5. The van der Waals surface area contributed by atoms with Gasteiger partial charge < -0.3 is 14.2 Å². The molecule has 260 valence electrons. The summed E-state index contributed by atoms with van der Waals surface area (Å²) < 4.78 is 8.68. The molecule has 11 rings (SSSR count). The second-order valence-corrected chi connectivity index (χ2v) is 14.5. The summed E-state index contributed by atoms with van der Waals surface area (Å²) in [7, 11) is 0. The number of nitrogens with zero attached hydrogens (tertiary/aromatic N) is 2. The topological polar surface area (TPSA) is 17.4 Å². The number of benzene rings is 8. The summed E-state index contributed by atoms with van der Waals surface area (Å²) in [4.78, 5) is 2.37. The summed E-state index contributed by atoms with van der Waals surface area (Å²) in [5.41, 5.74) is 12.9. The van der Waals surface area contributed by atoms with Crippen molar-refractivity contribution in [2.24, 2.45) is 0 Å². The van der Waals surface area contributed by atoms with E-state index in [9.17, 15) is 0 Å². The van der Waals surface area contributed by atoms with Gasteiger partial charge in [0.25, 0.3) is 0 Å². The van der Waals surface area contributed by atoms with Gasteiger partial charge in [-0.1, -0.05) is 133 Å². The molecule has 3 heteroatoms. The smallest absolute Gasteiger partial charge is 0.128 e. The summed E-state index contributed by atoms with van der Waals surface area (Å²) >= 11 is 0. The monoisotopic (exact) mass is 704 g/mol. The van der Waals surface area contributed by atoms with Gasteiger partial charge in [0.05, 0.1) is 11.0 Å². The van der Waals surface area contributed by atoms with Crippen LogP contribution in [0.3, 0.4) is 0 Å². The third-order valence-corrected chi connectivity index (χ3v) is 11.3. The SMILES string of the molecule is C1=CC2Oc3ccc4cc(-c5ccc(N(c6ccc(-c7ccccc7)cc6)c6ccc7c8ccccc8n(-c8ccccc8)c7c6)cc5)ccc4c3C2C=C1.